The second-order valence-corrected chi connectivity index (χ2v) is 10.3. The van der Waals surface area contributed by atoms with E-state index in [0.29, 0.717) is 4.90 Å². The molecule has 1 N–H and O–H groups in total. The Hall–Kier alpha value is -3.77. The summed E-state index contributed by atoms with van der Waals surface area (Å²) in [5, 5.41) is 8.02. The van der Waals surface area contributed by atoms with Gasteiger partial charge in [0.15, 0.2) is 0 Å². The molecule has 6 heteroatoms. The molecule has 0 aliphatic heterocycles. The Bertz CT molecular complexity index is 1340. The van der Waals surface area contributed by atoms with Crippen molar-refractivity contribution < 1.29 is 3.89 Å². The molecule has 1 aromatic heterocycles. The van der Waals surface area contributed by atoms with E-state index in [2.05, 4.69) is 115 Å². The van der Waals surface area contributed by atoms with E-state index in [1.807, 2.05) is 19.1 Å². The van der Waals surface area contributed by atoms with Crippen molar-refractivity contribution in [3.05, 3.63) is 137 Å². The molecule has 0 radical (unpaired) electrons. The number of rotatable bonds is 13. The predicted molar refractivity (Wildman–Crippen MR) is 162 cm³/mol. The summed E-state index contributed by atoms with van der Waals surface area (Å²) in [7, 11) is 2.11. The third kappa shape index (κ3) is 7.21. The third-order valence-corrected chi connectivity index (χ3v) is 7.69. The van der Waals surface area contributed by atoms with E-state index in [1.165, 1.54) is 22.3 Å². The lowest BCUT2D eigenvalue weighted by molar-refractivity contribution is 0.389. The summed E-state index contributed by atoms with van der Waals surface area (Å²) in [4.78, 5) is 2.78. The number of aromatic nitrogens is 2. The fourth-order valence-electron chi connectivity index (χ4n) is 4.76. The lowest BCUT2D eigenvalue weighted by atomic mass is 9.88. The monoisotopic (exact) mass is 540 g/mol. The Morgan fingerprint density at radius 3 is 2.21 bits per heavy atom. The minimum absolute atomic E-state index is 0.0956. The molecule has 0 saturated carbocycles. The lowest BCUT2D eigenvalue weighted by Crippen LogP contribution is -2.27. The fourth-order valence-corrected chi connectivity index (χ4v) is 5.04. The molecule has 1 heterocycles. The third-order valence-electron chi connectivity index (χ3n) is 7.12. The van der Waals surface area contributed by atoms with Gasteiger partial charge in [-0.3, -0.25) is 0 Å². The van der Waals surface area contributed by atoms with Crippen LogP contribution in [0.25, 0.3) is 5.82 Å². The average Bonchev–Trinajstić information content (AvgIpc) is 3.34. The number of benzene rings is 3. The highest BCUT2D eigenvalue weighted by atomic mass is 32.2. The quantitative estimate of drug-likeness (QED) is 0.176. The van der Waals surface area contributed by atoms with E-state index < -0.39 is 0 Å². The first-order valence-corrected chi connectivity index (χ1v) is 14.0. The molecule has 4 rings (SSSR count). The maximum Gasteiger partial charge on any atom is 0.124 e. The SMILES string of the molecule is C=C(C(c1ccccc1)c1ccccc1)N(C)CCCN/C(=C/Cc1ccccc1C)n1ncc(SF)c1C. The number of hydrogen-bond donors (Lipinski definition) is 1. The zero-order chi connectivity index (χ0) is 27.6. The number of halogens is 1. The summed E-state index contributed by atoms with van der Waals surface area (Å²) < 4.78 is 15.2. The van der Waals surface area contributed by atoms with Gasteiger partial charge in [0.25, 0.3) is 0 Å². The molecule has 0 atom stereocenters. The average molecular weight is 541 g/mol. The molecule has 0 saturated heterocycles. The molecule has 4 aromatic rings. The molecule has 0 fully saturated rings. The summed E-state index contributed by atoms with van der Waals surface area (Å²) >= 11 is 0.230. The van der Waals surface area contributed by atoms with Gasteiger partial charge >= 0.3 is 0 Å². The second kappa shape index (κ2) is 13.9. The van der Waals surface area contributed by atoms with Crippen LogP contribution in [-0.4, -0.2) is 34.8 Å². The summed E-state index contributed by atoms with van der Waals surface area (Å²) in [5.74, 6) is 0.960. The van der Waals surface area contributed by atoms with Crippen LogP contribution in [0.15, 0.2) is 114 Å². The Morgan fingerprint density at radius 1 is 1.00 bits per heavy atom. The van der Waals surface area contributed by atoms with Crippen LogP contribution in [0, 0.1) is 13.8 Å². The molecule has 0 amide bonds. The summed E-state index contributed by atoms with van der Waals surface area (Å²) in [6.45, 7) is 10.1. The van der Waals surface area contributed by atoms with Gasteiger partial charge in [-0.25, -0.2) is 4.68 Å². The van der Waals surface area contributed by atoms with Gasteiger partial charge in [0.05, 0.1) is 28.9 Å². The molecular weight excluding hydrogens is 503 g/mol. The Kier molecular flexibility index (Phi) is 10.0. The van der Waals surface area contributed by atoms with Gasteiger partial charge in [-0.15, -0.1) is 0 Å². The smallest absolute Gasteiger partial charge is 0.124 e. The van der Waals surface area contributed by atoms with Crippen molar-refractivity contribution in [2.75, 3.05) is 20.1 Å². The Balaban J connectivity index is 1.43. The molecular formula is C33H37FN4S. The van der Waals surface area contributed by atoms with E-state index in [-0.39, 0.29) is 18.1 Å². The highest BCUT2D eigenvalue weighted by Gasteiger charge is 2.20. The zero-order valence-corrected chi connectivity index (χ0v) is 23.8. The molecule has 0 spiro atoms. The van der Waals surface area contributed by atoms with Gasteiger partial charge in [-0.1, -0.05) is 91.5 Å². The molecule has 3 aromatic carbocycles. The van der Waals surface area contributed by atoms with E-state index in [0.717, 1.165) is 43.1 Å². The standard InChI is InChI=1S/C33H37FN4S/c1-25-14-11-12-15-28(25)20-21-32(38-26(2)31(39-34)24-36-38)35-22-13-23-37(4)27(3)33(29-16-7-5-8-17-29)30-18-9-6-10-19-30/h5-12,14-19,21,24,33,35H,3,13,20,22-23H2,1-2,4H3/b32-21-. The van der Waals surface area contributed by atoms with Gasteiger partial charge in [0, 0.05) is 31.8 Å². The van der Waals surface area contributed by atoms with E-state index in [4.69, 9.17) is 0 Å². The number of hydrogen-bond acceptors (Lipinski definition) is 4. The van der Waals surface area contributed by atoms with Gasteiger partial charge < -0.3 is 10.2 Å². The van der Waals surface area contributed by atoms with Crippen LogP contribution < -0.4 is 5.32 Å². The van der Waals surface area contributed by atoms with Gasteiger partial charge in [-0.2, -0.15) is 8.98 Å². The van der Waals surface area contributed by atoms with Crippen LogP contribution in [0.4, 0.5) is 3.89 Å². The Morgan fingerprint density at radius 2 is 1.62 bits per heavy atom. The van der Waals surface area contributed by atoms with Crippen LogP contribution in [0.1, 0.15) is 40.3 Å². The maximum absolute atomic E-state index is 13.4. The molecule has 39 heavy (non-hydrogen) atoms. The predicted octanol–water partition coefficient (Wildman–Crippen LogP) is 7.77. The number of likely N-dealkylation sites (N-methyl/N-ethyl adjacent to an activating group) is 1. The normalized spacial score (nSPS) is 11.6. The van der Waals surface area contributed by atoms with Gasteiger partial charge in [0.1, 0.15) is 5.82 Å². The van der Waals surface area contributed by atoms with Crippen molar-refractivity contribution in [3.8, 4) is 0 Å². The van der Waals surface area contributed by atoms with E-state index in [1.54, 1.807) is 10.9 Å². The summed E-state index contributed by atoms with van der Waals surface area (Å²) in [5.41, 5.74) is 6.81. The number of nitrogens with one attached hydrogen (secondary N) is 1. The first-order valence-electron chi connectivity index (χ1n) is 13.3. The minimum atomic E-state index is 0.0956. The van der Waals surface area contributed by atoms with E-state index >= 15 is 0 Å². The van der Waals surface area contributed by atoms with Crippen LogP contribution in [0.3, 0.4) is 0 Å². The topological polar surface area (TPSA) is 33.1 Å². The van der Waals surface area contributed by atoms with Crippen molar-refractivity contribution in [2.45, 2.75) is 37.5 Å². The van der Waals surface area contributed by atoms with E-state index in [9.17, 15) is 3.89 Å². The molecule has 0 bridgehead atoms. The van der Waals surface area contributed by atoms with Crippen molar-refractivity contribution in [2.24, 2.45) is 0 Å². The van der Waals surface area contributed by atoms with Crippen LogP contribution >= 0.6 is 12.1 Å². The highest BCUT2D eigenvalue weighted by molar-refractivity contribution is 7.94. The van der Waals surface area contributed by atoms with Crippen molar-refractivity contribution in [3.63, 3.8) is 0 Å². The van der Waals surface area contributed by atoms with Gasteiger partial charge in [-0.05, 0) is 55.0 Å². The maximum atomic E-state index is 13.4. The van der Waals surface area contributed by atoms with Crippen LogP contribution in [-0.2, 0) is 6.42 Å². The van der Waals surface area contributed by atoms with Crippen molar-refractivity contribution in [1.29, 1.82) is 0 Å². The number of nitrogens with zero attached hydrogens (tertiary/aromatic N) is 3. The molecule has 0 aliphatic rings. The van der Waals surface area contributed by atoms with Gasteiger partial charge in [0.2, 0.25) is 0 Å². The van der Waals surface area contributed by atoms with Crippen molar-refractivity contribution in [1.82, 2.24) is 20.0 Å². The lowest BCUT2D eigenvalue weighted by Gasteiger charge is -2.29. The largest absolute Gasteiger partial charge is 0.378 e. The molecule has 4 nitrogen and oxygen atoms in total. The zero-order valence-electron chi connectivity index (χ0n) is 23.0. The highest BCUT2D eigenvalue weighted by Crippen LogP contribution is 2.32. The summed E-state index contributed by atoms with van der Waals surface area (Å²) in [6.07, 6.45) is 5.38. The van der Waals surface area contributed by atoms with Crippen LogP contribution in [0.2, 0.25) is 0 Å². The first kappa shape index (κ1) is 28.2. The molecule has 0 aliphatic carbocycles. The fraction of sp³-hybridized carbons (Fsp3) is 0.242. The Labute approximate surface area is 236 Å². The number of aryl methyl sites for hydroxylation is 1. The van der Waals surface area contributed by atoms with Crippen LogP contribution in [0.5, 0.6) is 0 Å². The summed E-state index contributed by atoms with van der Waals surface area (Å²) in [6, 6.07) is 29.4. The first-order chi connectivity index (χ1) is 19.0. The second-order valence-electron chi connectivity index (χ2n) is 9.75. The van der Waals surface area contributed by atoms with Crippen molar-refractivity contribution >= 4 is 18.0 Å². The molecule has 202 valence electrons. The molecule has 0 unspecified atom stereocenters. The number of allylic oxidation sites excluding steroid dienone is 2. The minimum Gasteiger partial charge on any atom is -0.378 e.